The van der Waals surface area contributed by atoms with Gasteiger partial charge in [-0.2, -0.15) is 0 Å². The number of hydrogen-bond acceptors (Lipinski definition) is 3. The van der Waals surface area contributed by atoms with Crippen molar-refractivity contribution in [1.82, 2.24) is 0 Å². The molecule has 1 rings (SSSR count). The highest BCUT2D eigenvalue weighted by atomic mass is 16.5. The van der Waals surface area contributed by atoms with Gasteiger partial charge in [-0.05, 0) is 19.1 Å². The highest BCUT2D eigenvalue weighted by Gasteiger charge is 2.04. The van der Waals surface area contributed by atoms with Crippen molar-refractivity contribution in [2.75, 3.05) is 6.61 Å². The van der Waals surface area contributed by atoms with Crippen LogP contribution in [0.25, 0.3) is 0 Å². The minimum Gasteiger partial charge on any atom is -0.481 e. The number of aliphatic carboxylic acids is 1. The summed E-state index contributed by atoms with van der Waals surface area (Å²) in [5.41, 5.74) is 0.774. The van der Waals surface area contributed by atoms with Crippen LogP contribution in [0.3, 0.4) is 0 Å². The largest absolute Gasteiger partial charge is 0.481 e. The van der Waals surface area contributed by atoms with Gasteiger partial charge >= 0.3 is 5.97 Å². The van der Waals surface area contributed by atoms with Gasteiger partial charge in [-0.15, -0.1) is 0 Å². The molecule has 0 aromatic heterocycles. The van der Waals surface area contributed by atoms with E-state index in [9.17, 15) is 4.79 Å². The Morgan fingerprint density at radius 1 is 1.31 bits per heavy atom. The molecule has 0 aliphatic carbocycles. The van der Waals surface area contributed by atoms with Gasteiger partial charge in [-0.1, -0.05) is 18.2 Å². The smallest absolute Gasteiger partial charge is 0.303 e. The first-order chi connectivity index (χ1) is 7.72. The van der Waals surface area contributed by atoms with E-state index < -0.39 is 5.97 Å². The number of aliphatic imine (C=N–C) groups is 1. The predicted molar refractivity (Wildman–Crippen MR) is 62.0 cm³/mol. The molecule has 1 aromatic carbocycles. The fourth-order valence-corrected chi connectivity index (χ4v) is 1.19. The van der Waals surface area contributed by atoms with Gasteiger partial charge in [0.2, 0.25) is 0 Å². The third-order valence-electron chi connectivity index (χ3n) is 1.87. The Morgan fingerprint density at radius 2 is 2.00 bits per heavy atom. The van der Waals surface area contributed by atoms with E-state index in [0.717, 1.165) is 5.69 Å². The van der Waals surface area contributed by atoms with Gasteiger partial charge in [0.05, 0.1) is 18.7 Å². The van der Waals surface area contributed by atoms with Crippen molar-refractivity contribution in [2.45, 2.75) is 19.8 Å². The number of ether oxygens (including phenoxy) is 1. The van der Waals surface area contributed by atoms with Crippen LogP contribution in [-0.4, -0.2) is 23.6 Å². The minimum atomic E-state index is -0.847. The monoisotopic (exact) mass is 221 g/mol. The fourth-order valence-electron chi connectivity index (χ4n) is 1.19. The summed E-state index contributed by atoms with van der Waals surface area (Å²) in [5.74, 6) is -0.378. The van der Waals surface area contributed by atoms with Crippen LogP contribution < -0.4 is 0 Å². The maximum atomic E-state index is 10.4. The summed E-state index contributed by atoms with van der Waals surface area (Å²) in [6.45, 7) is 2.34. The lowest BCUT2D eigenvalue weighted by Gasteiger charge is -2.05. The first kappa shape index (κ1) is 12.2. The zero-order valence-corrected chi connectivity index (χ0v) is 9.22. The van der Waals surface area contributed by atoms with E-state index in [0.29, 0.717) is 18.9 Å². The maximum absolute atomic E-state index is 10.4. The molecule has 0 atom stereocenters. The van der Waals surface area contributed by atoms with Gasteiger partial charge in [-0.25, -0.2) is 4.99 Å². The van der Waals surface area contributed by atoms with Crippen LogP contribution in [0.1, 0.15) is 19.8 Å². The van der Waals surface area contributed by atoms with Crippen molar-refractivity contribution in [2.24, 2.45) is 4.99 Å². The Balaban J connectivity index is 2.68. The maximum Gasteiger partial charge on any atom is 0.303 e. The molecule has 4 heteroatoms. The number of rotatable bonds is 5. The average Bonchev–Trinajstić information content (AvgIpc) is 2.27. The van der Waals surface area contributed by atoms with E-state index in [1.165, 1.54) is 0 Å². The van der Waals surface area contributed by atoms with Crippen molar-refractivity contribution in [3.8, 4) is 0 Å². The van der Waals surface area contributed by atoms with Crippen LogP contribution in [0.2, 0.25) is 0 Å². The highest BCUT2D eigenvalue weighted by molar-refractivity contribution is 5.82. The molecule has 0 aliphatic rings. The van der Waals surface area contributed by atoms with Crippen LogP contribution >= 0.6 is 0 Å². The van der Waals surface area contributed by atoms with Gasteiger partial charge in [0, 0.05) is 6.42 Å². The van der Waals surface area contributed by atoms with Crippen LogP contribution in [0.4, 0.5) is 5.69 Å². The Bertz CT molecular complexity index is 360. The molecule has 86 valence electrons. The van der Waals surface area contributed by atoms with Crippen molar-refractivity contribution < 1.29 is 14.6 Å². The van der Waals surface area contributed by atoms with Crippen molar-refractivity contribution in [3.05, 3.63) is 30.3 Å². The van der Waals surface area contributed by atoms with Gasteiger partial charge in [-0.3, -0.25) is 4.79 Å². The molecular weight excluding hydrogens is 206 g/mol. The third-order valence-corrected chi connectivity index (χ3v) is 1.87. The van der Waals surface area contributed by atoms with Crippen LogP contribution in [0.5, 0.6) is 0 Å². The second-order valence-electron chi connectivity index (χ2n) is 3.17. The summed E-state index contributed by atoms with van der Waals surface area (Å²) in [5, 5.41) is 8.59. The summed E-state index contributed by atoms with van der Waals surface area (Å²) < 4.78 is 5.28. The molecule has 0 saturated carbocycles. The number of carbonyl (C=O) groups is 1. The quantitative estimate of drug-likeness (QED) is 0.614. The normalized spacial score (nSPS) is 11.2. The standard InChI is InChI=1S/C12H15NO3/c1-2-16-11(8-9-12(14)15)13-10-6-4-3-5-7-10/h3-7H,2,8-9H2,1H3,(H,14,15). The number of benzene rings is 1. The van der Waals surface area contributed by atoms with Gasteiger partial charge in [0.25, 0.3) is 0 Å². The molecule has 0 amide bonds. The lowest BCUT2D eigenvalue weighted by Crippen LogP contribution is -2.07. The molecule has 0 fully saturated rings. The minimum absolute atomic E-state index is 0.0334. The lowest BCUT2D eigenvalue weighted by atomic mass is 10.3. The number of para-hydroxylation sites is 1. The third kappa shape index (κ3) is 4.59. The Hall–Kier alpha value is -1.84. The van der Waals surface area contributed by atoms with Gasteiger partial charge in [0.1, 0.15) is 0 Å². The van der Waals surface area contributed by atoms with E-state index in [4.69, 9.17) is 9.84 Å². The molecule has 16 heavy (non-hydrogen) atoms. The second kappa shape index (κ2) is 6.61. The van der Waals surface area contributed by atoms with Crippen LogP contribution in [-0.2, 0) is 9.53 Å². The summed E-state index contributed by atoms with van der Waals surface area (Å²) in [6.07, 6.45) is 0.351. The first-order valence-corrected chi connectivity index (χ1v) is 5.19. The molecule has 1 N–H and O–H groups in total. The summed E-state index contributed by atoms with van der Waals surface area (Å²) in [6, 6.07) is 9.34. The number of carboxylic acids is 1. The topological polar surface area (TPSA) is 58.9 Å². The summed E-state index contributed by atoms with van der Waals surface area (Å²) in [7, 11) is 0. The van der Waals surface area contributed by atoms with Gasteiger partial charge in [0.15, 0.2) is 5.90 Å². The van der Waals surface area contributed by atoms with Crippen molar-refractivity contribution in [1.29, 1.82) is 0 Å². The number of carboxylic acid groups (broad SMARTS) is 1. The number of hydrogen-bond donors (Lipinski definition) is 1. The molecule has 0 heterocycles. The Labute approximate surface area is 94.6 Å². The molecule has 0 saturated heterocycles. The number of nitrogens with zero attached hydrogens (tertiary/aromatic N) is 1. The summed E-state index contributed by atoms with van der Waals surface area (Å²) in [4.78, 5) is 14.7. The van der Waals surface area contributed by atoms with Gasteiger partial charge < -0.3 is 9.84 Å². The molecule has 4 nitrogen and oxygen atoms in total. The van der Waals surface area contributed by atoms with E-state index in [1.54, 1.807) is 0 Å². The second-order valence-corrected chi connectivity index (χ2v) is 3.17. The predicted octanol–water partition coefficient (Wildman–Crippen LogP) is 2.62. The molecule has 0 spiro atoms. The zero-order chi connectivity index (χ0) is 11.8. The lowest BCUT2D eigenvalue weighted by molar-refractivity contribution is -0.136. The summed E-state index contributed by atoms with van der Waals surface area (Å²) >= 11 is 0. The molecule has 0 unspecified atom stereocenters. The Morgan fingerprint density at radius 3 is 2.56 bits per heavy atom. The Kier molecular flexibility index (Phi) is 5.05. The molecule has 0 aliphatic heterocycles. The van der Waals surface area contributed by atoms with Crippen LogP contribution in [0.15, 0.2) is 35.3 Å². The molecule has 0 bridgehead atoms. The average molecular weight is 221 g/mol. The molecular formula is C12H15NO3. The fraction of sp³-hybridized carbons (Fsp3) is 0.333. The van der Waals surface area contributed by atoms with Crippen LogP contribution in [0, 0.1) is 0 Å². The molecule has 0 radical (unpaired) electrons. The van der Waals surface area contributed by atoms with E-state index in [2.05, 4.69) is 4.99 Å². The molecule has 1 aromatic rings. The SMILES string of the molecule is CCOC(CCC(=O)O)=Nc1ccccc1. The highest BCUT2D eigenvalue weighted by Crippen LogP contribution is 2.12. The van der Waals surface area contributed by atoms with E-state index >= 15 is 0 Å². The van der Waals surface area contributed by atoms with E-state index in [1.807, 2.05) is 37.3 Å². The zero-order valence-electron chi connectivity index (χ0n) is 9.22. The van der Waals surface area contributed by atoms with E-state index in [-0.39, 0.29) is 6.42 Å². The van der Waals surface area contributed by atoms with Crippen molar-refractivity contribution >= 4 is 17.6 Å². The first-order valence-electron chi connectivity index (χ1n) is 5.19. The van der Waals surface area contributed by atoms with Crippen molar-refractivity contribution in [3.63, 3.8) is 0 Å².